The summed E-state index contributed by atoms with van der Waals surface area (Å²) < 4.78 is 6.22. The molecule has 0 aromatic heterocycles. The highest BCUT2D eigenvalue weighted by Crippen LogP contribution is 2.23. The van der Waals surface area contributed by atoms with Crippen LogP contribution in [0.3, 0.4) is 0 Å². The molecule has 1 nitrogen and oxygen atoms in total. The molecule has 1 aliphatic rings. The van der Waals surface area contributed by atoms with Crippen LogP contribution in [-0.2, 0) is 4.74 Å². The minimum atomic E-state index is 0.552. The van der Waals surface area contributed by atoms with Crippen LogP contribution in [0.15, 0.2) is 0 Å². The molecule has 0 saturated carbocycles. The molecule has 1 heterocycles. The molecule has 0 bridgehead atoms. The van der Waals surface area contributed by atoms with Crippen LogP contribution in [0.5, 0.6) is 0 Å². The van der Waals surface area contributed by atoms with Gasteiger partial charge in [-0.05, 0) is 25.7 Å². The average Bonchev–Trinajstić information content (AvgIpc) is 2.27. The molecular formula is C15H30O. The molecule has 1 heteroatoms. The molecule has 1 rings (SSSR count). The Balaban J connectivity index is 2.20. The summed E-state index contributed by atoms with van der Waals surface area (Å²) in [6.45, 7) is 4.54. The van der Waals surface area contributed by atoms with Crippen molar-refractivity contribution in [2.75, 3.05) is 0 Å². The fourth-order valence-corrected chi connectivity index (χ4v) is 2.64. The van der Waals surface area contributed by atoms with Crippen molar-refractivity contribution in [2.45, 2.75) is 96.7 Å². The van der Waals surface area contributed by atoms with E-state index in [0.717, 1.165) is 0 Å². The third kappa shape index (κ3) is 5.89. The first-order valence-corrected chi connectivity index (χ1v) is 7.52. The van der Waals surface area contributed by atoms with Gasteiger partial charge in [-0.3, -0.25) is 0 Å². The number of ether oxygens (including phenoxy) is 1. The first kappa shape index (κ1) is 14.0. The summed E-state index contributed by atoms with van der Waals surface area (Å²) in [5, 5.41) is 0. The average molecular weight is 226 g/mol. The van der Waals surface area contributed by atoms with E-state index in [2.05, 4.69) is 13.8 Å². The molecule has 1 fully saturated rings. The van der Waals surface area contributed by atoms with Crippen molar-refractivity contribution in [2.24, 2.45) is 0 Å². The lowest BCUT2D eigenvalue weighted by Crippen LogP contribution is -2.23. The van der Waals surface area contributed by atoms with E-state index in [1.54, 1.807) is 0 Å². The maximum atomic E-state index is 6.22. The lowest BCUT2D eigenvalue weighted by Gasteiger charge is -2.27. The molecule has 1 saturated heterocycles. The zero-order chi connectivity index (χ0) is 11.6. The van der Waals surface area contributed by atoms with Gasteiger partial charge in [-0.25, -0.2) is 0 Å². The summed E-state index contributed by atoms with van der Waals surface area (Å²) in [5.74, 6) is 0. The maximum Gasteiger partial charge on any atom is 0.0578 e. The Morgan fingerprint density at radius 1 is 0.875 bits per heavy atom. The van der Waals surface area contributed by atoms with Gasteiger partial charge in [0, 0.05) is 0 Å². The molecule has 0 aromatic rings. The summed E-state index contributed by atoms with van der Waals surface area (Å²) >= 11 is 0. The van der Waals surface area contributed by atoms with Gasteiger partial charge >= 0.3 is 0 Å². The zero-order valence-corrected chi connectivity index (χ0v) is 11.3. The second-order valence-electron chi connectivity index (χ2n) is 5.28. The first-order chi connectivity index (χ1) is 7.86. The topological polar surface area (TPSA) is 9.23 Å². The minimum absolute atomic E-state index is 0.552. The van der Waals surface area contributed by atoms with Crippen LogP contribution >= 0.6 is 0 Å². The molecule has 16 heavy (non-hydrogen) atoms. The third-order valence-electron chi connectivity index (χ3n) is 3.77. The molecule has 96 valence electrons. The summed E-state index contributed by atoms with van der Waals surface area (Å²) in [4.78, 5) is 0. The number of hydrogen-bond donors (Lipinski definition) is 0. The maximum absolute atomic E-state index is 6.22. The van der Waals surface area contributed by atoms with Gasteiger partial charge in [0.2, 0.25) is 0 Å². The lowest BCUT2D eigenvalue weighted by molar-refractivity contribution is -0.0356. The summed E-state index contributed by atoms with van der Waals surface area (Å²) in [5.41, 5.74) is 0. The van der Waals surface area contributed by atoms with Crippen LogP contribution in [0.4, 0.5) is 0 Å². The molecule has 1 aliphatic heterocycles. The van der Waals surface area contributed by atoms with Gasteiger partial charge in [-0.1, -0.05) is 58.8 Å². The van der Waals surface area contributed by atoms with E-state index >= 15 is 0 Å². The summed E-state index contributed by atoms with van der Waals surface area (Å²) in [6.07, 6.45) is 15.9. The number of rotatable bonds is 6. The highest BCUT2D eigenvalue weighted by Gasteiger charge is 2.17. The van der Waals surface area contributed by atoms with E-state index < -0.39 is 0 Å². The van der Waals surface area contributed by atoms with Crippen LogP contribution in [0, 0.1) is 0 Å². The van der Waals surface area contributed by atoms with Gasteiger partial charge in [0.05, 0.1) is 12.2 Å². The number of hydrogen-bond acceptors (Lipinski definition) is 1. The normalized spacial score (nSPS) is 27.4. The SMILES string of the molecule is CCCCCCC1CCCCCC(CC)O1. The Bertz CT molecular complexity index is 156. The molecule has 0 aromatic carbocycles. The Hall–Kier alpha value is -0.0400. The molecule has 0 radical (unpaired) electrons. The van der Waals surface area contributed by atoms with Crippen molar-refractivity contribution >= 4 is 0 Å². The van der Waals surface area contributed by atoms with Gasteiger partial charge in [0.1, 0.15) is 0 Å². The van der Waals surface area contributed by atoms with Crippen LogP contribution < -0.4 is 0 Å². The Kier molecular flexibility index (Phi) is 7.92. The number of unbranched alkanes of at least 4 members (excludes halogenated alkanes) is 3. The van der Waals surface area contributed by atoms with Crippen molar-refractivity contribution in [3.05, 3.63) is 0 Å². The van der Waals surface area contributed by atoms with E-state index in [1.165, 1.54) is 70.6 Å². The van der Waals surface area contributed by atoms with Gasteiger partial charge < -0.3 is 4.74 Å². The fourth-order valence-electron chi connectivity index (χ4n) is 2.64. The smallest absolute Gasteiger partial charge is 0.0578 e. The molecule has 2 unspecified atom stereocenters. The molecule has 0 aliphatic carbocycles. The van der Waals surface area contributed by atoms with E-state index in [9.17, 15) is 0 Å². The zero-order valence-electron chi connectivity index (χ0n) is 11.3. The van der Waals surface area contributed by atoms with E-state index in [1.807, 2.05) is 0 Å². The van der Waals surface area contributed by atoms with E-state index in [4.69, 9.17) is 4.74 Å². The highest BCUT2D eigenvalue weighted by molar-refractivity contribution is 4.67. The second kappa shape index (κ2) is 9.04. The largest absolute Gasteiger partial charge is 0.375 e. The Morgan fingerprint density at radius 3 is 2.31 bits per heavy atom. The molecular weight excluding hydrogens is 196 g/mol. The van der Waals surface area contributed by atoms with Crippen molar-refractivity contribution in [1.82, 2.24) is 0 Å². The monoisotopic (exact) mass is 226 g/mol. The Labute approximate surface area is 102 Å². The molecule has 0 N–H and O–H groups in total. The van der Waals surface area contributed by atoms with Crippen LogP contribution in [0.25, 0.3) is 0 Å². The lowest BCUT2D eigenvalue weighted by atomic mass is 9.99. The molecule has 0 spiro atoms. The minimum Gasteiger partial charge on any atom is -0.375 e. The molecule has 0 amide bonds. The van der Waals surface area contributed by atoms with E-state index in [-0.39, 0.29) is 0 Å². The van der Waals surface area contributed by atoms with Crippen molar-refractivity contribution < 1.29 is 4.74 Å². The van der Waals surface area contributed by atoms with E-state index in [0.29, 0.717) is 12.2 Å². The van der Waals surface area contributed by atoms with Crippen molar-refractivity contribution in [3.63, 3.8) is 0 Å². The molecule has 2 atom stereocenters. The highest BCUT2D eigenvalue weighted by atomic mass is 16.5. The van der Waals surface area contributed by atoms with Gasteiger partial charge in [-0.2, -0.15) is 0 Å². The van der Waals surface area contributed by atoms with Crippen molar-refractivity contribution in [3.8, 4) is 0 Å². The van der Waals surface area contributed by atoms with Crippen LogP contribution in [-0.4, -0.2) is 12.2 Å². The predicted molar refractivity (Wildman–Crippen MR) is 70.8 cm³/mol. The van der Waals surface area contributed by atoms with Gasteiger partial charge in [-0.15, -0.1) is 0 Å². The fraction of sp³-hybridized carbons (Fsp3) is 1.00. The van der Waals surface area contributed by atoms with Crippen molar-refractivity contribution in [1.29, 1.82) is 0 Å². The third-order valence-corrected chi connectivity index (χ3v) is 3.77. The van der Waals surface area contributed by atoms with Gasteiger partial charge in [0.15, 0.2) is 0 Å². The summed E-state index contributed by atoms with van der Waals surface area (Å²) in [7, 11) is 0. The standard InChI is InChI=1S/C15H30O/c1-3-5-6-8-12-15-13-10-7-9-11-14(4-2)16-15/h14-15H,3-13H2,1-2H3. The van der Waals surface area contributed by atoms with Crippen LogP contribution in [0.1, 0.15) is 84.5 Å². The predicted octanol–water partition coefficient (Wildman–Crippen LogP) is 5.08. The van der Waals surface area contributed by atoms with Gasteiger partial charge in [0.25, 0.3) is 0 Å². The second-order valence-corrected chi connectivity index (χ2v) is 5.28. The summed E-state index contributed by atoms with van der Waals surface area (Å²) in [6, 6.07) is 0. The van der Waals surface area contributed by atoms with Crippen LogP contribution in [0.2, 0.25) is 0 Å². The quantitative estimate of drug-likeness (QED) is 0.574. The Morgan fingerprint density at radius 2 is 1.62 bits per heavy atom. The first-order valence-electron chi connectivity index (χ1n) is 7.52.